The lowest BCUT2D eigenvalue weighted by Crippen LogP contribution is -2.41. The molecule has 8 nitrogen and oxygen atoms in total. The van der Waals surface area contributed by atoms with Gasteiger partial charge in [0.1, 0.15) is 0 Å². The number of likely N-dealkylation sites (tertiary alicyclic amines) is 1. The summed E-state index contributed by atoms with van der Waals surface area (Å²) in [7, 11) is 6.32. The molecular weight excluding hydrogens is 436 g/mol. The van der Waals surface area contributed by atoms with Crippen LogP contribution in [0.5, 0.6) is 23.0 Å². The number of nitrogens with zero attached hydrogens (tertiary/aromatic N) is 1. The molecule has 1 aliphatic rings. The molecule has 8 heteroatoms. The van der Waals surface area contributed by atoms with Crippen molar-refractivity contribution in [2.24, 2.45) is 5.92 Å². The highest BCUT2D eigenvalue weighted by molar-refractivity contribution is 5.95. The molecule has 0 atom stereocenters. The van der Waals surface area contributed by atoms with Crippen LogP contribution in [0.3, 0.4) is 0 Å². The molecule has 1 N–H and O–H groups in total. The molecule has 0 aliphatic carbocycles. The van der Waals surface area contributed by atoms with Crippen LogP contribution < -0.4 is 24.3 Å². The Bertz CT molecular complexity index is 985. The maximum absolute atomic E-state index is 12.9. The van der Waals surface area contributed by atoms with Gasteiger partial charge < -0.3 is 29.2 Å². The summed E-state index contributed by atoms with van der Waals surface area (Å²) in [4.78, 5) is 27.1. The topological polar surface area (TPSA) is 86.3 Å². The molecule has 2 aromatic rings. The zero-order valence-corrected chi connectivity index (χ0v) is 20.4. The second-order valence-corrected chi connectivity index (χ2v) is 8.30. The molecule has 184 valence electrons. The number of benzene rings is 2. The quantitative estimate of drug-likeness (QED) is 0.573. The van der Waals surface area contributed by atoms with Crippen molar-refractivity contribution in [2.45, 2.75) is 25.7 Å². The zero-order valence-electron chi connectivity index (χ0n) is 20.4. The van der Waals surface area contributed by atoms with Crippen LogP contribution in [-0.2, 0) is 11.2 Å². The van der Waals surface area contributed by atoms with Gasteiger partial charge in [0.25, 0.3) is 5.91 Å². The Morgan fingerprint density at radius 3 is 2.06 bits per heavy atom. The van der Waals surface area contributed by atoms with E-state index in [4.69, 9.17) is 18.9 Å². The summed E-state index contributed by atoms with van der Waals surface area (Å²) in [5, 5.41) is 3.05. The van der Waals surface area contributed by atoms with Crippen molar-refractivity contribution >= 4 is 11.8 Å². The van der Waals surface area contributed by atoms with E-state index in [2.05, 4.69) is 5.32 Å². The predicted octanol–water partition coefficient (Wildman–Crippen LogP) is 3.32. The van der Waals surface area contributed by atoms with Crippen LogP contribution in [0, 0.1) is 5.92 Å². The van der Waals surface area contributed by atoms with E-state index in [1.807, 2.05) is 23.1 Å². The van der Waals surface area contributed by atoms with Crippen molar-refractivity contribution in [1.82, 2.24) is 10.2 Å². The highest BCUT2D eigenvalue weighted by atomic mass is 16.5. The summed E-state index contributed by atoms with van der Waals surface area (Å²) in [6, 6.07) is 10.9. The molecule has 1 saturated heterocycles. The summed E-state index contributed by atoms with van der Waals surface area (Å²) in [6.45, 7) is 1.96. The second kappa shape index (κ2) is 12.2. The van der Waals surface area contributed by atoms with Gasteiger partial charge in [-0.3, -0.25) is 9.59 Å². The number of amides is 2. The number of carbonyl (C=O) groups excluding carboxylic acids is 2. The van der Waals surface area contributed by atoms with Crippen molar-refractivity contribution in [1.29, 1.82) is 0 Å². The fraction of sp³-hybridized carbons (Fsp3) is 0.462. The number of hydrogen-bond acceptors (Lipinski definition) is 6. The summed E-state index contributed by atoms with van der Waals surface area (Å²) >= 11 is 0. The highest BCUT2D eigenvalue weighted by Crippen LogP contribution is 2.29. The van der Waals surface area contributed by atoms with E-state index in [1.54, 1.807) is 46.6 Å². The van der Waals surface area contributed by atoms with Gasteiger partial charge in [-0.15, -0.1) is 0 Å². The molecule has 2 amide bonds. The van der Waals surface area contributed by atoms with E-state index >= 15 is 0 Å². The number of rotatable bonds is 10. The van der Waals surface area contributed by atoms with Crippen LogP contribution >= 0.6 is 0 Å². The maximum Gasteiger partial charge on any atom is 0.253 e. The largest absolute Gasteiger partial charge is 0.493 e. The third kappa shape index (κ3) is 6.34. The summed E-state index contributed by atoms with van der Waals surface area (Å²) in [5.74, 6) is 2.84. The number of hydrogen-bond donors (Lipinski definition) is 1. The van der Waals surface area contributed by atoms with E-state index in [0.717, 1.165) is 18.4 Å². The van der Waals surface area contributed by atoms with Gasteiger partial charge in [0, 0.05) is 31.6 Å². The Morgan fingerprint density at radius 2 is 1.44 bits per heavy atom. The summed E-state index contributed by atoms with van der Waals surface area (Å²) < 4.78 is 21.1. The number of carbonyl (C=O) groups is 2. The first-order chi connectivity index (χ1) is 16.5. The molecule has 1 heterocycles. The Labute approximate surface area is 201 Å². The van der Waals surface area contributed by atoms with Gasteiger partial charge in [-0.2, -0.15) is 0 Å². The molecule has 0 radical (unpaired) electrons. The van der Waals surface area contributed by atoms with Crippen LogP contribution in [0.2, 0.25) is 0 Å². The second-order valence-electron chi connectivity index (χ2n) is 8.30. The van der Waals surface area contributed by atoms with Crippen molar-refractivity contribution in [3.05, 3.63) is 47.5 Å². The van der Waals surface area contributed by atoms with Crippen LogP contribution in [-0.4, -0.2) is 64.8 Å². The lowest BCUT2D eigenvalue weighted by molar-refractivity contribution is -0.121. The zero-order chi connectivity index (χ0) is 24.5. The first-order valence-electron chi connectivity index (χ1n) is 11.5. The predicted molar refractivity (Wildman–Crippen MR) is 129 cm³/mol. The molecule has 0 unspecified atom stereocenters. The fourth-order valence-electron chi connectivity index (χ4n) is 4.13. The highest BCUT2D eigenvalue weighted by Gasteiger charge is 2.24. The first-order valence-corrected chi connectivity index (χ1v) is 11.5. The molecule has 0 spiro atoms. The van der Waals surface area contributed by atoms with Crippen molar-refractivity contribution in [3.8, 4) is 23.0 Å². The first kappa shape index (κ1) is 25.2. The molecule has 2 aromatic carbocycles. The van der Waals surface area contributed by atoms with Crippen LogP contribution in [0.25, 0.3) is 0 Å². The van der Waals surface area contributed by atoms with Gasteiger partial charge in [-0.25, -0.2) is 0 Å². The summed E-state index contributed by atoms with van der Waals surface area (Å²) in [6.07, 6.45) is 2.75. The van der Waals surface area contributed by atoms with Crippen LogP contribution in [0.4, 0.5) is 0 Å². The Kier molecular flexibility index (Phi) is 9.01. The molecular formula is C26H34N2O6. The lowest BCUT2D eigenvalue weighted by Gasteiger charge is -2.32. The van der Waals surface area contributed by atoms with Gasteiger partial charge in [0.15, 0.2) is 23.0 Å². The maximum atomic E-state index is 12.9. The molecule has 1 aliphatic heterocycles. The Hall–Kier alpha value is -3.42. The third-order valence-electron chi connectivity index (χ3n) is 6.21. The van der Waals surface area contributed by atoms with Crippen LogP contribution in [0.15, 0.2) is 36.4 Å². The molecule has 34 heavy (non-hydrogen) atoms. The van der Waals surface area contributed by atoms with Crippen molar-refractivity contribution in [3.63, 3.8) is 0 Å². The fourth-order valence-corrected chi connectivity index (χ4v) is 4.13. The monoisotopic (exact) mass is 470 g/mol. The van der Waals surface area contributed by atoms with Gasteiger partial charge in [-0.05, 0) is 61.1 Å². The van der Waals surface area contributed by atoms with Gasteiger partial charge in [-0.1, -0.05) is 6.07 Å². The summed E-state index contributed by atoms with van der Waals surface area (Å²) in [5.41, 5.74) is 1.61. The van der Waals surface area contributed by atoms with Gasteiger partial charge in [0.05, 0.1) is 28.4 Å². The smallest absolute Gasteiger partial charge is 0.253 e. The van der Waals surface area contributed by atoms with E-state index in [-0.39, 0.29) is 11.8 Å². The molecule has 0 bridgehead atoms. The number of methoxy groups -OCH3 is 4. The Balaban J connectivity index is 1.42. The van der Waals surface area contributed by atoms with Crippen molar-refractivity contribution < 1.29 is 28.5 Å². The van der Waals surface area contributed by atoms with Gasteiger partial charge >= 0.3 is 0 Å². The molecule has 1 fully saturated rings. The van der Waals surface area contributed by atoms with Gasteiger partial charge in [0.2, 0.25) is 5.91 Å². The molecule has 3 rings (SSSR count). The average molecular weight is 471 g/mol. The van der Waals surface area contributed by atoms with E-state index in [1.165, 1.54) is 0 Å². The van der Waals surface area contributed by atoms with Crippen molar-refractivity contribution in [2.75, 3.05) is 48.1 Å². The Morgan fingerprint density at radius 1 is 0.853 bits per heavy atom. The molecule has 0 saturated carbocycles. The van der Waals surface area contributed by atoms with Crippen LogP contribution in [0.1, 0.15) is 35.2 Å². The van der Waals surface area contributed by atoms with E-state index < -0.39 is 0 Å². The number of nitrogens with one attached hydrogen (secondary N) is 1. The van der Waals surface area contributed by atoms with E-state index in [9.17, 15) is 9.59 Å². The average Bonchev–Trinajstić information content (AvgIpc) is 2.89. The number of aryl methyl sites for hydroxylation is 1. The standard InChI is InChI=1S/C26H34N2O6/c1-31-21-8-5-18(15-23(21)33-3)6-10-25(29)27-17-19-11-13-28(14-12-19)26(30)20-7-9-22(32-2)24(16-20)34-4/h5,7-9,15-16,19H,6,10-14,17H2,1-4H3,(H,27,29). The third-order valence-corrected chi connectivity index (χ3v) is 6.21. The minimum absolute atomic E-state index is 0.0154. The number of piperidine rings is 1. The number of ether oxygens (including phenoxy) is 4. The minimum Gasteiger partial charge on any atom is -0.493 e. The van der Waals surface area contributed by atoms with E-state index in [0.29, 0.717) is 67.0 Å². The molecule has 0 aromatic heterocycles. The lowest BCUT2D eigenvalue weighted by atomic mass is 9.96. The minimum atomic E-state index is -0.0154. The SMILES string of the molecule is COc1ccc(CCC(=O)NCC2CCN(C(=O)c3ccc(OC)c(OC)c3)CC2)cc1OC. The normalized spacial score (nSPS) is 13.8.